The van der Waals surface area contributed by atoms with Crippen molar-refractivity contribution in [3.63, 3.8) is 0 Å². The molecule has 0 unspecified atom stereocenters. The van der Waals surface area contributed by atoms with Gasteiger partial charge in [-0.05, 0) is 38.4 Å². The summed E-state index contributed by atoms with van der Waals surface area (Å²) in [4.78, 5) is 22.4. The zero-order valence-electron chi connectivity index (χ0n) is 15.4. The minimum Gasteiger partial charge on any atom is -0.497 e. The second kappa shape index (κ2) is 10.2. The minimum absolute atomic E-state index is 0.233. The van der Waals surface area contributed by atoms with E-state index in [2.05, 4.69) is 25.5 Å². The fourth-order valence-corrected chi connectivity index (χ4v) is 2.04. The monoisotopic (exact) mass is 359 g/mol. The lowest BCUT2D eigenvalue weighted by atomic mass is 10.3. The van der Waals surface area contributed by atoms with Crippen LogP contribution in [0.5, 0.6) is 11.5 Å². The molecule has 8 nitrogen and oxygen atoms in total. The summed E-state index contributed by atoms with van der Waals surface area (Å²) in [5.74, 6) is 1.76. The highest BCUT2D eigenvalue weighted by Crippen LogP contribution is 2.16. The van der Waals surface area contributed by atoms with Gasteiger partial charge in [0.1, 0.15) is 18.1 Å². The topological polar surface area (TPSA) is 88.6 Å². The van der Waals surface area contributed by atoms with Crippen molar-refractivity contribution in [3.8, 4) is 11.5 Å². The fraction of sp³-hybridized carbons (Fsp3) is 0.389. The van der Waals surface area contributed by atoms with Crippen LogP contribution in [0.4, 0.5) is 5.95 Å². The first-order valence-corrected chi connectivity index (χ1v) is 8.34. The summed E-state index contributed by atoms with van der Waals surface area (Å²) in [5.41, 5.74) is 0.410. The van der Waals surface area contributed by atoms with Crippen LogP contribution in [0.25, 0.3) is 0 Å². The van der Waals surface area contributed by atoms with E-state index < -0.39 is 0 Å². The van der Waals surface area contributed by atoms with Gasteiger partial charge in [0.05, 0.1) is 19.2 Å². The number of ether oxygens (including phenoxy) is 2. The highest BCUT2D eigenvalue weighted by Gasteiger charge is 2.07. The number of carbonyl (C=O) groups is 1. The molecule has 140 valence electrons. The summed E-state index contributed by atoms with van der Waals surface area (Å²) >= 11 is 0. The molecule has 0 saturated carbocycles. The maximum atomic E-state index is 12.1. The Labute approximate surface area is 153 Å². The Kier molecular flexibility index (Phi) is 7.63. The largest absolute Gasteiger partial charge is 0.497 e. The van der Waals surface area contributed by atoms with Crippen LogP contribution in [0.1, 0.15) is 10.4 Å². The Morgan fingerprint density at radius 2 is 1.73 bits per heavy atom. The number of hydrogen-bond acceptors (Lipinski definition) is 7. The van der Waals surface area contributed by atoms with Gasteiger partial charge in [-0.1, -0.05) is 0 Å². The van der Waals surface area contributed by atoms with E-state index in [1.54, 1.807) is 7.11 Å². The second-order valence-electron chi connectivity index (χ2n) is 5.81. The van der Waals surface area contributed by atoms with Crippen LogP contribution in [0, 0.1) is 0 Å². The average molecular weight is 359 g/mol. The lowest BCUT2D eigenvalue weighted by Crippen LogP contribution is -2.28. The zero-order chi connectivity index (χ0) is 18.8. The molecule has 2 N–H and O–H groups in total. The normalized spacial score (nSPS) is 10.5. The van der Waals surface area contributed by atoms with E-state index in [9.17, 15) is 4.79 Å². The summed E-state index contributed by atoms with van der Waals surface area (Å²) in [7, 11) is 5.60. The Morgan fingerprint density at radius 3 is 2.35 bits per heavy atom. The summed E-state index contributed by atoms with van der Waals surface area (Å²) in [6, 6.07) is 7.27. The molecule has 0 aliphatic rings. The molecule has 1 heterocycles. The van der Waals surface area contributed by atoms with E-state index in [4.69, 9.17) is 9.47 Å². The van der Waals surface area contributed by atoms with Gasteiger partial charge in [0, 0.05) is 25.5 Å². The second-order valence-corrected chi connectivity index (χ2v) is 5.81. The van der Waals surface area contributed by atoms with Gasteiger partial charge in [0.15, 0.2) is 0 Å². The molecule has 2 rings (SSSR count). The molecule has 0 bridgehead atoms. The first kappa shape index (κ1) is 19.5. The first-order chi connectivity index (χ1) is 12.6. The molecule has 0 aliphatic carbocycles. The van der Waals surface area contributed by atoms with Crippen molar-refractivity contribution >= 4 is 11.9 Å². The molecule has 0 aliphatic heterocycles. The van der Waals surface area contributed by atoms with Crippen LogP contribution in [0.2, 0.25) is 0 Å². The molecule has 1 aromatic heterocycles. The third kappa shape index (κ3) is 6.56. The Bertz CT molecular complexity index is 674. The summed E-state index contributed by atoms with van der Waals surface area (Å²) in [6.07, 6.45) is 3.01. The minimum atomic E-state index is -0.233. The number of amides is 1. The zero-order valence-corrected chi connectivity index (χ0v) is 15.4. The number of rotatable bonds is 10. The van der Waals surface area contributed by atoms with Gasteiger partial charge in [-0.25, -0.2) is 9.97 Å². The first-order valence-electron chi connectivity index (χ1n) is 8.34. The van der Waals surface area contributed by atoms with Crippen LogP contribution in [-0.2, 0) is 0 Å². The van der Waals surface area contributed by atoms with Crippen LogP contribution in [0.15, 0.2) is 36.7 Å². The highest BCUT2D eigenvalue weighted by atomic mass is 16.5. The Hall–Kier alpha value is -2.87. The predicted octanol–water partition coefficient (Wildman–Crippen LogP) is 1.27. The van der Waals surface area contributed by atoms with Gasteiger partial charge in [-0.2, -0.15) is 0 Å². The maximum absolute atomic E-state index is 12.1. The number of benzene rings is 1. The molecule has 0 fully saturated rings. The van der Waals surface area contributed by atoms with Crippen LogP contribution >= 0.6 is 0 Å². The van der Waals surface area contributed by atoms with Gasteiger partial charge in [-0.15, -0.1) is 0 Å². The van der Waals surface area contributed by atoms with E-state index >= 15 is 0 Å². The van der Waals surface area contributed by atoms with E-state index in [1.807, 2.05) is 38.4 Å². The maximum Gasteiger partial charge on any atom is 0.254 e. The molecule has 0 atom stereocenters. The van der Waals surface area contributed by atoms with Crippen molar-refractivity contribution in [3.05, 3.63) is 42.2 Å². The summed E-state index contributed by atoms with van der Waals surface area (Å²) in [5, 5.41) is 5.87. The number of nitrogens with zero attached hydrogens (tertiary/aromatic N) is 3. The molecule has 0 spiro atoms. The fourth-order valence-electron chi connectivity index (χ4n) is 2.04. The van der Waals surface area contributed by atoms with Gasteiger partial charge in [0.2, 0.25) is 5.95 Å². The number of anilines is 1. The smallest absolute Gasteiger partial charge is 0.254 e. The van der Waals surface area contributed by atoms with Crippen LogP contribution < -0.4 is 20.1 Å². The number of methoxy groups -OCH3 is 1. The van der Waals surface area contributed by atoms with Crippen molar-refractivity contribution < 1.29 is 14.3 Å². The standard InChI is InChI=1S/C18H25N5O3/c1-23(2)10-8-20-18-21-12-14(13-22-18)17(24)19-9-11-26-16-6-4-15(25-3)5-7-16/h4-7,12-13H,8-11H2,1-3H3,(H,19,24)(H,20,21,22). The van der Waals surface area contributed by atoms with E-state index in [0.29, 0.717) is 24.7 Å². The number of hydrogen-bond donors (Lipinski definition) is 2. The highest BCUT2D eigenvalue weighted by molar-refractivity contribution is 5.93. The van der Waals surface area contributed by atoms with Gasteiger partial charge in [0.25, 0.3) is 5.91 Å². The predicted molar refractivity (Wildman–Crippen MR) is 99.9 cm³/mol. The average Bonchev–Trinajstić information content (AvgIpc) is 2.66. The van der Waals surface area contributed by atoms with Crippen LogP contribution in [0.3, 0.4) is 0 Å². The molecule has 0 radical (unpaired) electrons. The van der Waals surface area contributed by atoms with E-state index in [1.165, 1.54) is 12.4 Å². The SMILES string of the molecule is COc1ccc(OCCNC(=O)c2cnc(NCCN(C)C)nc2)cc1. The molecule has 0 saturated heterocycles. The molecular weight excluding hydrogens is 334 g/mol. The van der Waals surface area contributed by atoms with Crippen molar-refractivity contribution in [2.75, 3.05) is 52.8 Å². The van der Waals surface area contributed by atoms with Gasteiger partial charge >= 0.3 is 0 Å². The summed E-state index contributed by atoms with van der Waals surface area (Å²) < 4.78 is 10.6. The van der Waals surface area contributed by atoms with E-state index in [-0.39, 0.29) is 5.91 Å². The number of nitrogens with one attached hydrogen (secondary N) is 2. The summed E-state index contributed by atoms with van der Waals surface area (Å²) in [6.45, 7) is 2.36. The van der Waals surface area contributed by atoms with Crippen molar-refractivity contribution in [2.45, 2.75) is 0 Å². The number of carbonyl (C=O) groups excluding carboxylic acids is 1. The van der Waals surface area contributed by atoms with Crippen molar-refractivity contribution in [2.24, 2.45) is 0 Å². The quantitative estimate of drug-likeness (QED) is 0.618. The lowest BCUT2D eigenvalue weighted by molar-refractivity contribution is 0.0946. The van der Waals surface area contributed by atoms with E-state index in [0.717, 1.165) is 24.6 Å². The molecular formula is C18H25N5O3. The molecule has 8 heteroatoms. The Balaban J connectivity index is 1.70. The number of aromatic nitrogens is 2. The lowest BCUT2D eigenvalue weighted by Gasteiger charge is -2.10. The number of likely N-dealkylation sites (N-methyl/N-ethyl adjacent to an activating group) is 1. The van der Waals surface area contributed by atoms with Gasteiger partial charge in [-0.3, -0.25) is 4.79 Å². The molecule has 2 aromatic rings. The molecule has 1 amide bonds. The Morgan fingerprint density at radius 1 is 1.08 bits per heavy atom. The molecule has 26 heavy (non-hydrogen) atoms. The third-order valence-corrected chi connectivity index (χ3v) is 3.47. The van der Waals surface area contributed by atoms with Gasteiger partial charge < -0.3 is 25.0 Å². The van der Waals surface area contributed by atoms with Crippen molar-refractivity contribution in [1.29, 1.82) is 0 Å². The third-order valence-electron chi connectivity index (χ3n) is 3.47. The van der Waals surface area contributed by atoms with Crippen LogP contribution in [-0.4, -0.2) is 68.2 Å². The van der Waals surface area contributed by atoms with Crippen molar-refractivity contribution in [1.82, 2.24) is 20.2 Å². The molecule has 1 aromatic carbocycles.